The van der Waals surface area contributed by atoms with Gasteiger partial charge in [0, 0.05) is 18.0 Å². The number of amides is 3. The average molecular weight is 306 g/mol. The number of nitriles is 1. The van der Waals surface area contributed by atoms with Crippen LogP contribution < -0.4 is 5.32 Å². The van der Waals surface area contributed by atoms with E-state index in [2.05, 4.69) is 10.3 Å². The van der Waals surface area contributed by atoms with Crippen LogP contribution in [-0.2, 0) is 16.9 Å². The summed E-state index contributed by atoms with van der Waals surface area (Å²) in [5.74, 6) is -0.320. The minimum absolute atomic E-state index is 0.159. The Balaban J connectivity index is 1.85. The molecule has 0 spiro atoms. The lowest BCUT2D eigenvalue weighted by molar-refractivity contribution is -0.131. The molecule has 1 aliphatic rings. The summed E-state index contributed by atoms with van der Waals surface area (Å²) in [6, 6.07) is 11.9. The van der Waals surface area contributed by atoms with Crippen molar-refractivity contribution in [2.45, 2.75) is 19.0 Å². The number of carbonyl (C=O) groups is 2. The Kier molecular flexibility index (Phi) is 3.54. The Morgan fingerprint density at radius 3 is 2.61 bits per heavy atom. The third-order valence-electron chi connectivity index (χ3n) is 3.94. The highest BCUT2D eigenvalue weighted by Crippen LogP contribution is 2.29. The molecular formula is C17H14N4O2. The number of nitrogens with one attached hydrogen (secondary N) is 1. The summed E-state index contributed by atoms with van der Waals surface area (Å²) in [6.45, 7) is 1.83. The van der Waals surface area contributed by atoms with Crippen molar-refractivity contribution in [3.8, 4) is 6.07 Å². The summed E-state index contributed by atoms with van der Waals surface area (Å²) in [4.78, 5) is 30.1. The van der Waals surface area contributed by atoms with Crippen molar-refractivity contribution in [2.24, 2.45) is 0 Å². The molecule has 3 amide bonds. The van der Waals surface area contributed by atoms with Crippen LogP contribution in [0.3, 0.4) is 0 Å². The number of benzene rings is 1. The van der Waals surface area contributed by atoms with Gasteiger partial charge < -0.3 is 5.32 Å². The first-order valence-corrected chi connectivity index (χ1v) is 7.08. The van der Waals surface area contributed by atoms with Gasteiger partial charge in [0.25, 0.3) is 5.91 Å². The summed E-state index contributed by atoms with van der Waals surface area (Å²) in [6.07, 6.45) is 3.19. The molecule has 6 heteroatoms. The lowest BCUT2D eigenvalue weighted by Gasteiger charge is -2.21. The molecule has 0 saturated carbocycles. The van der Waals surface area contributed by atoms with E-state index in [9.17, 15) is 9.59 Å². The molecule has 0 bridgehead atoms. The van der Waals surface area contributed by atoms with Gasteiger partial charge in [-0.05, 0) is 30.7 Å². The Morgan fingerprint density at radius 1 is 1.26 bits per heavy atom. The van der Waals surface area contributed by atoms with Crippen molar-refractivity contribution in [1.82, 2.24) is 15.2 Å². The van der Waals surface area contributed by atoms with Crippen molar-refractivity contribution in [3.05, 3.63) is 65.5 Å². The van der Waals surface area contributed by atoms with Crippen molar-refractivity contribution >= 4 is 11.9 Å². The number of rotatable bonds is 3. The molecule has 0 aliphatic carbocycles. The van der Waals surface area contributed by atoms with Gasteiger partial charge >= 0.3 is 6.03 Å². The average Bonchev–Trinajstić information content (AvgIpc) is 2.81. The van der Waals surface area contributed by atoms with Crippen LogP contribution in [0.25, 0.3) is 0 Å². The van der Waals surface area contributed by atoms with Crippen LogP contribution in [0, 0.1) is 11.3 Å². The first-order valence-electron chi connectivity index (χ1n) is 7.08. The monoisotopic (exact) mass is 306 g/mol. The Morgan fingerprint density at radius 2 is 2.00 bits per heavy atom. The lowest BCUT2D eigenvalue weighted by Crippen LogP contribution is -2.40. The third-order valence-corrected chi connectivity index (χ3v) is 3.94. The van der Waals surface area contributed by atoms with Crippen LogP contribution in [0.5, 0.6) is 0 Å². The Labute approximate surface area is 133 Å². The van der Waals surface area contributed by atoms with E-state index in [0.29, 0.717) is 11.1 Å². The van der Waals surface area contributed by atoms with Gasteiger partial charge in [-0.15, -0.1) is 0 Å². The zero-order chi connectivity index (χ0) is 16.4. The van der Waals surface area contributed by atoms with Crippen molar-refractivity contribution in [2.75, 3.05) is 0 Å². The number of urea groups is 1. The number of nitrogens with zero attached hydrogens (tertiary/aromatic N) is 3. The number of hydrogen-bond donors (Lipinski definition) is 1. The Hall–Kier alpha value is -3.20. The topological polar surface area (TPSA) is 86.1 Å². The van der Waals surface area contributed by atoms with E-state index in [0.717, 1.165) is 5.56 Å². The first kappa shape index (κ1) is 14.7. The van der Waals surface area contributed by atoms with Crippen LogP contribution in [0.1, 0.15) is 23.6 Å². The van der Waals surface area contributed by atoms with Gasteiger partial charge in [-0.3, -0.25) is 14.7 Å². The van der Waals surface area contributed by atoms with E-state index < -0.39 is 11.6 Å². The summed E-state index contributed by atoms with van der Waals surface area (Å²) < 4.78 is 0. The molecule has 1 aromatic heterocycles. The standard InChI is InChI=1S/C17H14N4O2/c1-17(14-3-2-8-19-10-14)15(22)21(16(23)20-17)11-13-6-4-12(9-18)5-7-13/h2-8,10H,11H2,1H3,(H,20,23). The van der Waals surface area contributed by atoms with E-state index in [1.807, 2.05) is 6.07 Å². The number of imide groups is 1. The van der Waals surface area contributed by atoms with Gasteiger partial charge in [-0.1, -0.05) is 18.2 Å². The van der Waals surface area contributed by atoms with E-state index in [-0.39, 0.29) is 12.5 Å². The van der Waals surface area contributed by atoms with Gasteiger partial charge in [0.15, 0.2) is 0 Å². The molecule has 23 heavy (non-hydrogen) atoms. The van der Waals surface area contributed by atoms with E-state index in [1.165, 1.54) is 4.90 Å². The summed E-state index contributed by atoms with van der Waals surface area (Å²) in [7, 11) is 0. The van der Waals surface area contributed by atoms with Crippen molar-refractivity contribution in [1.29, 1.82) is 5.26 Å². The molecule has 1 aliphatic heterocycles. The zero-order valence-electron chi connectivity index (χ0n) is 12.5. The summed E-state index contributed by atoms with van der Waals surface area (Å²) in [5.41, 5.74) is 0.840. The maximum Gasteiger partial charge on any atom is 0.325 e. The fourth-order valence-corrected chi connectivity index (χ4v) is 2.56. The molecule has 114 valence electrons. The number of pyridine rings is 1. The second-order valence-corrected chi connectivity index (χ2v) is 5.50. The van der Waals surface area contributed by atoms with Crippen molar-refractivity contribution in [3.63, 3.8) is 0 Å². The van der Waals surface area contributed by atoms with E-state index in [4.69, 9.17) is 5.26 Å². The zero-order valence-corrected chi connectivity index (χ0v) is 12.5. The maximum absolute atomic E-state index is 12.7. The molecule has 1 fully saturated rings. The minimum Gasteiger partial charge on any atom is -0.319 e. The molecule has 1 aromatic carbocycles. The normalized spacial score (nSPS) is 20.3. The highest BCUT2D eigenvalue weighted by atomic mass is 16.2. The SMILES string of the molecule is CC1(c2cccnc2)NC(=O)N(Cc2ccc(C#N)cc2)C1=O. The molecule has 1 unspecified atom stereocenters. The molecule has 1 N–H and O–H groups in total. The smallest absolute Gasteiger partial charge is 0.319 e. The number of hydrogen-bond acceptors (Lipinski definition) is 4. The van der Waals surface area contributed by atoms with Gasteiger partial charge in [0.05, 0.1) is 18.2 Å². The van der Waals surface area contributed by atoms with E-state index >= 15 is 0 Å². The van der Waals surface area contributed by atoms with Gasteiger partial charge in [-0.2, -0.15) is 5.26 Å². The minimum atomic E-state index is -1.11. The molecule has 3 rings (SSSR count). The second kappa shape index (κ2) is 5.54. The van der Waals surface area contributed by atoms with Gasteiger partial charge in [0.1, 0.15) is 5.54 Å². The molecule has 1 atom stereocenters. The predicted octanol–water partition coefficient (Wildman–Crippen LogP) is 1.92. The van der Waals surface area contributed by atoms with Crippen LogP contribution in [0.4, 0.5) is 4.79 Å². The number of carbonyl (C=O) groups excluding carboxylic acids is 2. The highest BCUT2D eigenvalue weighted by molar-refractivity contribution is 6.07. The molecule has 1 saturated heterocycles. The lowest BCUT2D eigenvalue weighted by atomic mass is 9.93. The Bertz CT molecular complexity index is 796. The van der Waals surface area contributed by atoms with Crippen LogP contribution in [0.2, 0.25) is 0 Å². The van der Waals surface area contributed by atoms with Crippen LogP contribution in [-0.4, -0.2) is 21.8 Å². The summed E-state index contributed by atoms with van der Waals surface area (Å²) in [5, 5.41) is 11.5. The largest absolute Gasteiger partial charge is 0.325 e. The fraction of sp³-hybridized carbons (Fsp3) is 0.176. The molecule has 2 heterocycles. The third kappa shape index (κ3) is 2.53. The highest BCUT2D eigenvalue weighted by Gasteiger charge is 2.48. The van der Waals surface area contributed by atoms with E-state index in [1.54, 1.807) is 55.7 Å². The second-order valence-electron chi connectivity index (χ2n) is 5.50. The van der Waals surface area contributed by atoms with Gasteiger partial charge in [0.2, 0.25) is 0 Å². The quantitative estimate of drug-likeness (QED) is 0.878. The fourth-order valence-electron chi connectivity index (χ4n) is 2.56. The van der Waals surface area contributed by atoms with Crippen LogP contribution in [0.15, 0.2) is 48.8 Å². The predicted molar refractivity (Wildman–Crippen MR) is 81.8 cm³/mol. The summed E-state index contributed by atoms with van der Waals surface area (Å²) >= 11 is 0. The maximum atomic E-state index is 12.7. The van der Waals surface area contributed by atoms with Gasteiger partial charge in [-0.25, -0.2) is 4.79 Å². The molecule has 0 radical (unpaired) electrons. The first-order chi connectivity index (χ1) is 11.0. The van der Waals surface area contributed by atoms with Crippen LogP contribution >= 0.6 is 0 Å². The van der Waals surface area contributed by atoms with Crippen molar-refractivity contribution < 1.29 is 9.59 Å². The molecule has 2 aromatic rings. The number of aromatic nitrogens is 1. The molecule has 6 nitrogen and oxygen atoms in total. The molecular weight excluding hydrogens is 292 g/mol.